The van der Waals surface area contributed by atoms with E-state index in [1.165, 1.54) is 6.42 Å². The van der Waals surface area contributed by atoms with Gasteiger partial charge in [0.15, 0.2) is 0 Å². The van der Waals surface area contributed by atoms with Gasteiger partial charge in [0.25, 0.3) is 0 Å². The molecule has 2 saturated heterocycles. The third-order valence-corrected chi connectivity index (χ3v) is 3.85. The minimum atomic E-state index is 0.217. The number of carbonyl (C=O) groups excluding carboxylic acids is 1. The number of carbonyl (C=O) groups is 1. The number of piperidine rings is 1. The van der Waals surface area contributed by atoms with E-state index in [2.05, 4.69) is 27.5 Å². The van der Waals surface area contributed by atoms with Crippen LogP contribution in [-0.2, 0) is 4.79 Å². The summed E-state index contributed by atoms with van der Waals surface area (Å²) >= 11 is 0. The summed E-state index contributed by atoms with van der Waals surface area (Å²) in [5.41, 5.74) is 0. The van der Waals surface area contributed by atoms with Crippen molar-refractivity contribution in [3.05, 3.63) is 0 Å². The predicted octanol–water partition coefficient (Wildman–Crippen LogP) is -0.508. The molecule has 2 fully saturated rings. The molecule has 2 aliphatic rings. The second-order valence-corrected chi connectivity index (χ2v) is 5.51. The average Bonchev–Trinajstić information content (AvgIpc) is 2.38. The standard InChI is InChI=1S/C13H26N4O/c1-16-7-2-3-12(11-16)15-13(18)4-8-17-9-5-14-6-10-17/h12,14H,2-11H2,1H3,(H,15,18). The van der Waals surface area contributed by atoms with Gasteiger partial charge in [-0.3, -0.25) is 4.79 Å². The zero-order valence-corrected chi connectivity index (χ0v) is 11.5. The fourth-order valence-corrected chi connectivity index (χ4v) is 2.78. The maximum atomic E-state index is 11.9. The smallest absolute Gasteiger partial charge is 0.221 e. The molecule has 2 N–H and O–H groups in total. The summed E-state index contributed by atoms with van der Waals surface area (Å²) in [5.74, 6) is 0.217. The molecule has 2 rings (SSSR count). The van der Waals surface area contributed by atoms with Crippen LogP contribution in [0.3, 0.4) is 0 Å². The molecular formula is C13H26N4O. The highest BCUT2D eigenvalue weighted by molar-refractivity contribution is 5.76. The first kappa shape index (κ1) is 13.8. The Labute approximate surface area is 110 Å². The molecule has 0 aromatic carbocycles. The van der Waals surface area contributed by atoms with Gasteiger partial charge in [-0.25, -0.2) is 0 Å². The first-order valence-electron chi connectivity index (χ1n) is 7.15. The van der Waals surface area contributed by atoms with E-state index in [0.717, 1.165) is 52.2 Å². The fraction of sp³-hybridized carbons (Fsp3) is 0.923. The van der Waals surface area contributed by atoms with Crippen LogP contribution in [0, 0.1) is 0 Å². The molecule has 1 atom stereocenters. The molecule has 0 saturated carbocycles. The largest absolute Gasteiger partial charge is 0.352 e. The van der Waals surface area contributed by atoms with Crippen LogP contribution in [0.15, 0.2) is 0 Å². The van der Waals surface area contributed by atoms with Crippen LogP contribution in [-0.4, -0.2) is 74.6 Å². The van der Waals surface area contributed by atoms with Crippen molar-refractivity contribution < 1.29 is 4.79 Å². The Hall–Kier alpha value is -0.650. The van der Waals surface area contributed by atoms with E-state index in [4.69, 9.17) is 0 Å². The van der Waals surface area contributed by atoms with Gasteiger partial charge >= 0.3 is 0 Å². The van der Waals surface area contributed by atoms with E-state index in [9.17, 15) is 4.79 Å². The first-order chi connectivity index (χ1) is 8.74. The molecule has 0 aliphatic carbocycles. The summed E-state index contributed by atoms with van der Waals surface area (Å²) in [6.07, 6.45) is 2.96. The number of likely N-dealkylation sites (tertiary alicyclic amines) is 1. The number of nitrogens with one attached hydrogen (secondary N) is 2. The van der Waals surface area contributed by atoms with Gasteiger partial charge < -0.3 is 20.4 Å². The minimum absolute atomic E-state index is 0.217. The average molecular weight is 254 g/mol. The van der Waals surface area contributed by atoms with Crippen LogP contribution in [0.5, 0.6) is 0 Å². The Morgan fingerprint density at radius 3 is 2.83 bits per heavy atom. The van der Waals surface area contributed by atoms with Crippen LogP contribution in [0.2, 0.25) is 0 Å². The summed E-state index contributed by atoms with van der Waals surface area (Å²) in [6.45, 7) is 7.30. The number of hydrogen-bond donors (Lipinski definition) is 2. The maximum Gasteiger partial charge on any atom is 0.221 e. The van der Waals surface area contributed by atoms with Crippen molar-refractivity contribution >= 4 is 5.91 Å². The highest BCUT2D eigenvalue weighted by atomic mass is 16.1. The molecule has 0 radical (unpaired) electrons. The van der Waals surface area contributed by atoms with Crippen LogP contribution in [0.1, 0.15) is 19.3 Å². The van der Waals surface area contributed by atoms with Crippen LogP contribution < -0.4 is 10.6 Å². The zero-order valence-electron chi connectivity index (χ0n) is 11.5. The lowest BCUT2D eigenvalue weighted by atomic mass is 10.1. The Kier molecular flexibility index (Phi) is 5.41. The zero-order chi connectivity index (χ0) is 12.8. The molecule has 104 valence electrons. The van der Waals surface area contributed by atoms with E-state index >= 15 is 0 Å². The van der Waals surface area contributed by atoms with E-state index < -0.39 is 0 Å². The SMILES string of the molecule is CN1CCCC(NC(=O)CCN2CCNCC2)C1. The lowest BCUT2D eigenvalue weighted by Crippen LogP contribution is -2.48. The van der Waals surface area contributed by atoms with Gasteiger partial charge in [-0.2, -0.15) is 0 Å². The van der Waals surface area contributed by atoms with E-state index in [0.29, 0.717) is 12.5 Å². The molecule has 18 heavy (non-hydrogen) atoms. The molecule has 5 nitrogen and oxygen atoms in total. The van der Waals surface area contributed by atoms with Crippen molar-refractivity contribution in [2.45, 2.75) is 25.3 Å². The Bertz CT molecular complexity index is 266. The summed E-state index contributed by atoms with van der Waals surface area (Å²) < 4.78 is 0. The van der Waals surface area contributed by atoms with Crippen molar-refractivity contribution in [2.24, 2.45) is 0 Å². The van der Waals surface area contributed by atoms with Gasteiger partial charge in [-0.15, -0.1) is 0 Å². The number of hydrogen-bond acceptors (Lipinski definition) is 4. The van der Waals surface area contributed by atoms with Gasteiger partial charge in [0.2, 0.25) is 5.91 Å². The van der Waals surface area contributed by atoms with Crippen molar-refractivity contribution in [3.8, 4) is 0 Å². The Morgan fingerprint density at radius 2 is 2.11 bits per heavy atom. The summed E-state index contributed by atoms with van der Waals surface area (Å²) in [7, 11) is 2.12. The van der Waals surface area contributed by atoms with Crippen molar-refractivity contribution in [1.82, 2.24) is 20.4 Å². The summed E-state index contributed by atoms with van der Waals surface area (Å²) in [6, 6.07) is 0.360. The molecule has 0 aromatic heterocycles. The quantitative estimate of drug-likeness (QED) is 0.709. The number of amides is 1. The summed E-state index contributed by atoms with van der Waals surface area (Å²) in [5, 5.41) is 6.49. The molecule has 0 spiro atoms. The molecule has 0 bridgehead atoms. The molecule has 0 aromatic rings. The highest BCUT2D eigenvalue weighted by Gasteiger charge is 2.19. The van der Waals surface area contributed by atoms with E-state index in [1.807, 2.05) is 0 Å². The van der Waals surface area contributed by atoms with E-state index in [1.54, 1.807) is 0 Å². The van der Waals surface area contributed by atoms with Crippen LogP contribution in [0.25, 0.3) is 0 Å². The normalized spacial score (nSPS) is 27.1. The second kappa shape index (κ2) is 7.07. The van der Waals surface area contributed by atoms with Crippen LogP contribution in [0.4, 0.5) is 0 Å². The second-order valence-electron chi connectivity index (χ2n) is 5.51. The molecule has 1 unspecified atom stereocenters. The molecule has 2 heterocycles. The van der Waals surface area contributed by atoms with Crippen molar-refractivity contribution in [1.29, 1.82) is 0 Å². The Morgan fingerprint density at radius 1 is 1.33 bits per heavy atom. The molecule has 5 heteroatoms. The lowest BCUT2D eigenvalue weighted by molar-refractivity contribution is -0.122. The van der Waals surface area contributed by atoms with Crippen molar-refractivity contribution in [3.63, 3.8) is 0 Å². The summed E-state index contributed by atoms with van der Waals surface area (Å²) in [4.78, 5) is 16.5. The molecular weight excluding hydrogens is 228 g/mol. The third kappa shape index (κ3) is 4.55. The Balaban J connectivity index is 1.62. The topological polar surface area (TPSA) is 47.6 Å². The van der Waals surface area contributed by atoms with Gasteiger partial charge in [-0.05, 0) is 26.4 Å². The number of rotatable bonds is 4. The minimum Gasteiger partial charge on any atom is -0.352 e. The predicted molar refractivity (Wildman–Crippen MR) is 72.6 cm³/mol. The monoisotopic (exact) mass is 254 g/mol. The van der Waals surface area contributed by atoms with Gasteiger partial charge in [0.1, 0.15) is 0 Å². The number of nitrogens with zero attached hydrogens (tertiary/aromatic N) is 2. The first-order valence-corrected chi connectivity index (χ1v) is 7.15. The van der Waals surface area contributed by atoms with Crippen molar-refractivity contribution in [2.75, 3.05) is 52.9 Å². The van der Waals surface area contributed by atoms with Gasteiger partial charge in [-0.1, -0.05) is 0 Å². The fourth-order valence-electron chi connectivity index (χ4n) is 2.78. The van der Waals surface area contributed by atoms with E-state index in [-0.39, 0.29) is 5.91 Å². The maximum absolute atomic E-state index is 11.9. The highest BCUT2D eigenvalue weighted by Crippen LogP contribution is 2.08. The number of piperazine rings is 1. The van der Waals surface area contributed by atoms with Gasteiger partial charge in [0, 0.05) is 51.7 Å². The van der Waals surface area contributed by atoms with Gasteiger partial charge in [0.05, 0.1) is 0 Å². The molecule has 1 amide bonds. The lowest BCUT2D eigenvalue weighted by Gasteiger charge is -2.31. The molecule has 2 aliphatic heterocycles. The third-order valence-electron chi connectivity index (χ3n) is 3.85. The van der Waals surface area contributed by atoms with Crippen LogP contribution >= 0.6 is 0 Å². The number of likely N-dealkylation sites (N-methyl/N-ethyl adjacent to an activating group) is 1.